The van der Waals surface area contributed by atoms with Gasteiger partial charge in [-0.05, 0) is 6.07 Å². The van der Waals surface area contributed by atoms with Crippen molar-refractivity contribution in [1.29, 1.82) is 0 Å². The first-order valence-electron chi connectivity index (χ1n) is 3.83. The molecule has 4 nitrogen and oxygen atoms in total. The Morgan fingerprint density at radius 2 is 2.20 bits per heavy atom. The van der Waals surface area contributed by atoms with Crippen LogP contribution >= 0.6 is 11.6 Å². The van der Waals surface area contributed by atoms with E-state index in [9.17, 15) is 18.4 Å². The van der Waals surface area contributed by atoms with Gasteiger partial charge in [0.05, 0.1) is 12.0 Å². The van der Waals surface area contributed by atoms with E-state index in [0.29, 0.717) is 0 Å². The molecule has 0 aliphatic rings. The maximum absolute atomic E-state index is 12.3. The van der Waals surface area contributed by atoms with Crippen LogP contribution < -0.4 is 5.56 Å². The van der Waals surface area contributed by atoms with Crippen LogP contribution in [0, 0.1) is 0 Å². The Labute approximate surface area is 87.5 Å². The standard InChI is InChI=1S/C8H6ClF2NO3/c9-6-4(7(10)11)1-3(2-5(13)14)8(15)12-6/h1,7H,2H2,(H,12,15)(H,13,14). The van der Waals surface area contributed by atoms with Crippen molar-refractivity contribution in [3.8, 4) is 0 Å². The maximum atomic E-state index is 12.3. The summed E-state index contributed by atoms with van der Waals surface area (Å²) in [4.78, 5) is 23.4. The number of halogens is 3. The van der Waals surface area contributed by atoms with Crippen molar-refractivity contribution in [2.75, 3.05) is 0 Å². The fraction of sp³-hybridized carbons (Fsp3) is 0.250. The molecule has 15 heavy (non-hydrogen) atoms. The van der Waals surface area contributed by atoms with Gasteiger partial charge >= 0.3 is 5.97 Å². The van der Waals surface area contributed by atoms with Crippen LogP contribution in [0.4, 0.5) is 8.78 Å². The van der Waals surface area contributed by atoms with E-state index in [0.717, 1.165) is 6.07 Å². The van der Waals surface area contributed by atoms with Gasteiger partial charge in [-0.15, -0.1) is 0 Å². The first-order valence-corrected chi connectivity index (χ1v) is 4.21. The van der Waals surface area contributed by atoms with Gasteiger partial charge in [0.25, 0.3) is 12.0 Å². The van der Waals surface area contributed by atoms with Crippen LogP contribution in [-0.2, 0) is 11.2 Å². The van der Waals surface area contributed by atoms with Crippen LogP contribution in [0.15, 0.2) is 10.9 Å². The van der Waals surface area contributed by atoms with Crippen molar-refractivity contribution in [3.05, 3.63) is 32.7 Å². The van der Waals surface area contributed by atoms with E-state index in [1.54, 1.807) is 0 Å². The van der Waals surface area contributed by atoms with Crippen LogP contribution in [0.5, 0.6) is 0 Å². The highest BCUT2D eigenvalue weighted by molar-refractivity contribution is 6.30. The number of rotatable bonds is 3. The molecule has 1 aromatic rings. The van der Waals surface area contributed by atoms with Crippen LogP contribution in [0.25, 0.3) is 0 Å². The molecule has 0 radical (unpaired) electrons. The maximum Gasteiger partial charge on any atom is 0.308 e. The van der Waals surface area contributed by atoms with E-state index < -0.39 is 35.1 Å². The summed E-state index contributed by atoms with van der Waals surface area (Å²) in [6.07, 6.45) is -3.48. The summed E-state index contributed by atoms with van der Waals surface area (Å²) in [5, 5.41) is 7.95. The lowest BCUT2D eigenvalue weighted by Gasteiger charge is -2.04. The summed E-state index contributed by atoms with van der Waals surface area (Å²) in [6, 6.07) is 0.806. The summed E-state index contributed by atoms with van der Waals surface area (Å²) < 4.78 is 24.6. The minimum Gasteiger partial charge on any atom is -0.481 e. The quantitative estimate of drug-likeness (QED) is 0.785. The number of pyridine rings is 1. The zero-order valence-corrected chi connectivity index (χ0v) is 8.02. The van der Waals surface area contributed by atoms with Gasteiger partial charge in [-0.3, -0.25) is 9.59 Å². The van der Waals surface area contributed by atoms with Crippen molar-refractivity contribution >= 4 is 17.6 Å². The summed E-state index contributed by atoms with van der Waals surface area (Å²) in [5.41, 5.74) is -1.60. The highest BCUT2D eigenvalue weighted by Gasteiger charge is 2.16. The fourth-order valence-electron chi connectivity index (χ4n) is 1.02. The summed E-state index contributed by atoms with van der Waals surface area (Å²) in [7, 11) is 0. The number of aliphatic carboxylic acids is 1. The Morgan fingerprint density at radius 1 is 1.60 bits per heavy atom. The van der Waals surface area contributed by atoms with Crippen LogP contribution in [0.1, 0.15) is 17.6 Å². The van der Waals surface area contributed by atoms with Gasteiger partial charge in [-0.1, -0.05) is 11.6 Å². The number of aromatic nitrogens is 1. The van der Waals surface area contributed by atoms with E-state index in [1.165, 1.54) is 0 Å². The third-order valence-electron chi connectivity index (χ3n) is 1.67. The molecular weight excluding hydrogens is 232 g/mol. The molecule has 0 bridgehead atoms. The predicted molar refractivity (Wildman–Crippen MR) is 48.4 cm³/mol. The van der Waals surface area contributed by atoms with Gasteiger partial charge < -0.3 is 10.1 Å². The van der Waals surface area contributed by atoms with Crippen LogP contribution in [-0.4, -0.2) is 16.1 Å². The van der Waals surface area contributed by atoms with E-state index in [4.69, 9.17) is 16.7 Å². The number of hydrogen-bond donors (Lipinski definition) is 2. The molecule has 0 spiro atoms. The molecular formula is C8H6ClF2NO3. The summed E-state index contributed by atoms with van der Waals surface area (Å²) >= 11 is 5.35. The Bertz CT molecular complexity index is 444. The second-order valence-corrected chi connectivity index (χ2v) is 3.14. The molecule has 0 atom stereocenters. The first kappa shape index (κ1) is 11.6. The highest BCUT2D eigenvalue weighted by atomic mass is 35.5. The van der Waals surface area contributed by atoms with Gasteiger partial charge in [0.15, 0.2) is 0 Å². The lowest BCUT2D eigenvalue weighted by atomic mass is 10.1. The number of carboxylic acids is 1. The van der Waals surface area contributed by atoms with E-state index >= 15 is 0 Å². The Balaban J connectivity index is 3.23. The topological polar surface area (TPSA) is 70.2 Å². The molecule has 1 aromatic heterocycles. The molecule has 82 valence electrons. The second kappa shape index (κ2) is 4.39. The van der Waals surface area contributed by atoms with E-state index in [1.807, 2.05) is 4.98 Å². The lowest BCUT2D eigenvalue weighted by molar-refractivity contribution is -0.136. The number of aromatic amines is 1. The van der Waals surface area contributed by atoms with Crippen LogP contribution in [0.2, 0.25) is 5.15 Å². The van der Waals surface area contributed by atoms with Gasteiger partial charge in [0, 0.05) is 5.56 Å². The molecule has 1 rings (SSSR count). The molecule has 0 saturated heterocycles. The first-order chi connectivity index (χ1) is 6.91. The largest absolute Gasteiger partial charge is 0.481 e. The molecule has 0 amide bonds. The minimum absolute atomic E-state index is 0.248. The van der Waals surface area contributed by atoms with Crippen molar-refractivity contribution in [2.24, 2.45) is 0 Å². The number of carbonyl (C=O) groups is 1. The smallest absolute Gasteiger partial charge is 0.308 e. The zero-order chi connectivity index (χ0) is 11.6. The average Bonchev–Trinajstić information content (AvgIpc) is 2.08. The Kier molecular flexibility index (Phi) is 3.41. The monoisotopic (exact) mass is 237 g/mol. The highest BCUT2D eigenvalue weighted by Crippen LogP contribution is 2.24. The van der Waals surface area contributed by atoms with Crippen LogP contribution in [0.3, 0.4) is 0 Å². The molecule has 0 aliphatic carbocycles. The number of carboxylic acid groups (broad SMARTS) is 1. The molecule has 0 unspecified atom stereocenters. The normalized spacial score (nSPS) is 10.7. The molecule has 2 N–H and O–H groups in total. The number of nitrogens with one attached hydrogen (secondary N) is 1. The number of H-pyrrole nitrogens is 1. The molecule has 7 heteroatoms. The van der Waals surface area contributed by atoms with E-state index in [-0.39, 0.29) is 5.56 Å². The van der Waals surface area contributed by atoms with Crippen molar-refractivity contribution in [3.63, 3.8) is 0 Å². The molecule has 0 aromatic carbocycles. The van der Waals surface area contributed by atoms with Gasteiger partial charge in [0.1, 0.15) is 5.15 Å². The minimum atomic E-state index is -2.86. The van der Waals surface area contributed by atoms with Crippen molar-refractivity contribution in [2.45, 2.75) is 12.8 Å². The summed E-state index contributed by atoms with van der Waals surface area (Å²) in [6.45, 7) is 0. The van der Waals surface area contributed by atoms with Crippen molar-refractivity contribution in [1.82, 2.24) is 4.98 Å². The Morgan fingerprint density at radius 3 is 2.67 bits per heavy atom. The van der Waals surface area contributed by atoms with Crippen molar-refractivity contribution < 1.29 is 18.7 Å². The molecule has 0 fully saturated rings. The lowest BCUT2D eigenvalue weighted by Crippen LogP contribution is -2.17. The summed E-state index contributed by atoms with van der Waals surface area (Å²) in [5.74, 6) is -1.27. The molecule has 0 saturated carbocycles. The Hall–Kier alpha value is -1.43. The van der Waals surface area contributed by atoms with Gasteiger partial charge in [0.2, 0.25) is 0 Å². The third kappa shape index (κ3) is 2.76. The van der Waals surface area contributed by atoms with Gasteiger partial charge in [-0.25, -0.2) is 8.78 Å². The SMILES string of the molecule is O=C(O)Cc1cc(C(F)F)c(Cl)[nH]c1=O. The van der Waals surface area contributed by atoms with Gasteiger partial charge in [-0.2, -0.15) is 0 Å². The third-order valence-corrected chi connectivity index (χ3v) is 1.99. The average molecular weight is 238 g/mol. The fourth-order valence-corrected chi connectivity index (χ4v) is 1.24. The number of hydrogen-bond acceptors (Lipinski definition) is 2. The second-order valence-electron chi connectivity index (χ2n) is 2.76. The van der Waals surface area contributed by atoms with E-state index in [2.05, 4.69) is 0 Å². The molecule has 0 aliphatic heterocycles. The number of alkyl halides is 2. The molecule has 1 heterocycles. The predicted octanol–water partition coefficient (Wildman–Crippen LogP) is 1.59. The zero-order valence-electron chi connectivity index (χ0n) is 7.26.